The molecule has 1 rings (SSSR count). The molecule has 0 saturated carbocycles. The Kier molecular flexibility index (Phi) is 4.14. The van der Waals surface area contributed by atoms with Crippen LogP contribution in [0.5, 0.6) is 0 Å². The molecule has 1 saturated heterocycles. The largest absolute Gasteiger partial charge is 0.393 e. The van der Waals surface area contributed by atoms with Gasteiger partial charge in [0, 0.05) is 12.3 Å². The molecule has 1 aliphatic rings. The molecule has 0 spiro atoms. The Balaban J connectivity index is 2.60. The molecular formula is C7H15NO5S. The van der Waals surface area contributed by atoms with Crippen LogP contribution in [0.3, 0.4) is 0 Å². The zero-order valence-electron chi connectivity index (χ0n) is 7.50. The molecular weight excluding hydrogens is 210 g/mol. The van der Waals surface area contributed by atoms with E-state index in [0.29, 0.717) is 6.54 Å². The molecule has 0 radical (unpaired) electrons. The van der Waals surface area contributed by atoms with Crippen LogP contribution in [0.4, 0.5) is 0 Å². The monoisotopic (exact) mass is 225 g/mol. The molecule has 0 aromatic heterocycles. The minimum atomic E-state index is -2.69. The van der Waals surface area contributed by atoms with E-state index >= 15 is 0 Å². The van der Waals surface area contributed by atoms with Crippen LogP contribution < -0.4 is 5.32 Å². The molecule has 6 nitrogen and oxygen atoms in total. The van der Waals surface area contributed by atoms with E-state index in [9.17, 15) is 15.3 Å². The maximum absolute atomic E-state index is 9.52. The van der Waals surface area contributed by atoms with Crippen molar-refractivity contribution in [1.29, 1.82) is 0 Å². The average Bonchev–Trinajstić information content (AvgIpc) is 2.67. The normalized spacial score (nSPS) is 27.6. The number of thioether (sulfide) groups is 1. The number of aliphatic hydroxyl groups is 5. The van der Waals surface area contributed by atoms with E-state index in [-0.39, 0.29) is 0 Å². The zero-order valence-corrected chi connectivity index (χ0v) is 8.31. The van der Waals surface area contributed by atoms with Crippen LogP contribution in [0.2, 0.25) is 0 Å². The van der Waals surface area contributed by atoms with Crippen LogP contribution in [0, 0.1) is 0 Å². The van der Waals surface area contributed by atoms with Crippen molar-refractivity contribution in [2.24, 2.45) is 0 Å². The molecule has 84 valence electrons. The summed E-state index contributed by atoms with van der Waals surface area (Å²) in [5.41, 5.74) is 0. The van der Waals surface area contributed by atoms with Gasteiger partial charge in [-0.3, -0.25) is 0 Å². The fourth-order valence-corrected chi connectivity index (χ4v) is 2.31. The minimum absolute atomic E-state index is 0.536. The van der Waals surface area contributed by atoms with E-state index in [4.69, 9.17) is 10.2 Å². The Morgan fingerprint density at radius 2 is 2.07 bits per heavy atom. The summed E-state index contributed by atoms with van der Waals surface area (Å²) in [7, 11) is 0. The SMILES string of the molecule is OC[C@H](O)C(O)(O)[C@@H](O)[C@H]1NCCS1. The highest BCUT2D eigenvalue weighted by atomic mass is 32.2. The molecule has 6 N–H and O–H groups in total. The average molecular weight is 225 g/mol. The summed E-state index contributed by atoms with van der Waals surface area (Å²) in [5.74, 6) is -1.93. The molecule has 1 aliphatic heterocycles. The zero-order chi connectivity index (χ0) is 10.8. The summed E-state index contributed by atoms with van der Waals surface area (Å²) in [6.45, 7) is -0.154. The first-order chi connectivity index (χ1) is 6.50. The third-order valence-electron chi connectivity index (χ3n) is 2.13. The molecule has 1 heterocycles. The second-order valence-corrected chi connectivity index (χ2v) is 4.42. The lowest BCUT2D eigenvalue weighted by Gasteiger charge is -2.33. The third kappa shape index (κ3) is 2.37. The fraction of sp³-hybridized carbons (Fsp3) is 1.00. The maximum atomic E-state index is 9.52. The van der Waals surface area contributed by atoms with Gasteiger partial charge in [0.05, 0.1) is 12.0 Å². The van der Waals surface area contributed by atoms with Crippen LogP contribution in [0.25, 0.3) is 0 Å². The van der Waals surface area contributed by atoms with Crippen molar-refractivity contribution in [2.45, 2.75) is 23.4 Å². The van der Waals surface area contributed by atoms with E-state index in [2.05, 4.69) is 5.32 Å². The highest BCUT2D eigenvalue weighted by Crippen LogP contribution is 2.24. The van der Waals surface area contributed by atoms with Gasteiger partial charge in [-0.05, 0) is 0 Å². The first kappa shape index (κ1) is 12.2. The van der Waals surface area contributed by atoms with E-state index in [1.165, 1.54) is 11.8 Å². The summed E-state index contributed by atoms with van der Waals surface area (Å²) in [4.78, 5) is 0. The van der Waals surface area contributed by atoms with Crippen molar-refractivity contribution in [3.05, 3.63) is 0 Å². The summed E-state index contributed by atoms with van der Waals surface area (Å²) in [6, 6.07) is 0. The van der Waals surface area contributed by atoms with Gasteiger partial charge < -0.3 is 30.8 Å². The first-order valence-electron chi connectivity index (χ1n) is 4.27. The minimum Gasteiger partial charge on any atom is -0.393 e. The van der Waals surface area contributed by atoms with Gasteiger partial charge in [0.15, 0.2) is 0 Å². The van der Waals surface area contributed by atoms with Gasteiger partial charge >= 0.3 is 0 Å². The quantitative estimate of drug-likeness (QED) is 0.283. The predicted molar refractivity (Wildman–Crippen MR) is 50.5 cm³/mol. The van der Waals surface area contributed by atoms with E-state index in [1.807, 2.05) is 0 Å². The van der Waals surface area contributed by atoms with Crippen molar-refractivity contribution < 1.29 is 25.5 Å². The van der Waals surface area contributed by atoms with E-state index in [0.717, 1.165) is 5.75 Å². The molecule has 0 bridgehead atoms. The second kappa shape index (κ2) is 4.75. The highest BCUT2D eigenvalue weighted by Gasteiger charge is 2.45. The van der Waals surface area contributed by atoms with Crippen LogP contribution in [-0.4, -0.2) is 67.8 Å². The maximum Gasteiger partial charge on any atom is 0.221 e. The molecule has 0 aromatic rings. The predicted octanol–water partition coefficient (Wildman–Crippen LogP) is -2.96. The molecule has 3 atom stereocenters. The molecule has 0 unspecified atom stereocenters. The van der Waals surface area contributed by atoms with E-state index < -0.39 is 30.0 Å². The molecule has 0 aliphatic carbocycles. The number of nitrogens with one attached hydrogen (secondary N) is 1. The molecule has 14 heavy (non-hydrogen) atoms. The number of aliphatic hydroxyl groups excluding tert-OH is 3. The second-order valence-electron chi connectivity index (χ2n) is 3.17. The Labute approximate surface area is 85.6 Å². The molecule has 0 aromatic carbocycles. The third-order valence-corrected chi connectivity index (χ3v) is 3.35. The molecule has 0 amide bonds. The van der Waals surface area contributed by atoms with Crippen LogP contribution in [0.15, 0.2) is 0 Å². The number of hydrogen-bond acceptors (Lipinski definition) is 7. The summed E-state index contributed by atoms with van der Waals surface area (Å²) >= 11 is 1.33. The van der Waals surface area contributed by atoms with Crippen LogP contribution in [0.1, 0.15) is 0 Å². The van der Waals surface area contributed by atoms with Crippen molar-refractivity contribution >= 4 is 11.8 Å². The smallest absolute Gasteiger partial charge is 0.221 e. The van der Waals surface area contributed by atoms with Crippen molar-refractivity contribution in [1.82, 2.24) is 5.32 Å². The van der Waals surface area contributed by atoms with Crippen LogP contribution >= 0.6 is 11.8 Å². The number of hydrogen-bond donors (Lipinski definition) is 6. The Bertz CT molecular complexity index is 185. The van der Waals surface area contributed by atoms with Crippen molar-refractivity contribution in [3.63, 3.8) is 0 Å². The summed E-state index contributed by atoms with van der Waals surface area (Å²) < 4.78 is 0. The summed E-state index contributed by atoms with van der Waals surface area (Å²) in [6.07, 6.45) is -3.32. The Morgan fingerprint density at radius 3 is 2.50 bits per heavy atom. The molecule has 7 heteroatoms. The Morgan fingerprint density at radius 1 is 1.43 bits per heavy atom. The van der Waals surface area contributed by atoms with Gasteiger partial charge in [-0.15, -0.1) is 11.8 Å². The van der Waals surface area contributed by atoms with Gasteiger partial charge in [-0.25, -0.2) is 0 Å². The first-order valence-corrected chi connectivity index (χ1v) is 5.31. The van der Waals surface area contributed by atoms with Gasteiger partial charge in [0.1, 0.15) is 12.2 Å². The lowest BCUT2D eigenvalue weighted by Crippen LogP contribution is -2.59. The van der Waals surface area contributed by atoms with Gasteiger partial charge in [-0.2, -0.15) is 0 Å². The number of rotatable bonds is 4. The molecule has 1 fully saturated rings. The van der Waals surface area contributed by atoms with E-state index in [1.54, 1.807) is 0 Å². The van der Waals surface area contributed by atoms with Crippen LogP contribution in [-0.2, 0) is 0 Å². The van der Waals surface area contributed by atoms with Gasteiger partial charge in [-0.1, -0.05) is 0 Å². The van der Waals surface area contributed by atoms with Gasteiger partial charge in [0.25, 0.3) is 0 Å². The lowest BCUT2D eigenvalue weighted by molar-refractivity contribution is -0.280. The van der Waals surface area contributed by atoms with Crippen molar-refractivity contribution in [2.75, 3.05) is 18.9 Å². The van der Waals surface area contributed by atoms with Crippen molar-refractivity contribution in [3.8, 4) is 0 Å². The van der Waals surface area contributed by atoms with Gasteiger partial charge in [0.2, 0.25) is 5.79 Å². The highest BCUT2D eigenvalue weighted by molar-refractivity contribution is 8.00. The topological polar surface area (TPSA) is 113 Å². The fourth-order valence-electron chi connectivity index (χ4n) is 1.20. The standard InChI is InChI=1S/C7H15NO5S/c9-3-4(10)7(12,13)5(11)6-8-1-2-14-6/h4-6,8-13H,1-3H2/t4-,5-,6-/m0/s1. The summed E-state index contributed by atoms with van der Waals surface area (Å²) in [5, 5.41) is 48.2. The Hall–Kier alpha value is 0.110. The lowest BCUT2D eigenvalue weighted by atomic mass is 10.0.